The molecule has 0 saturated carbocycles. The number of rotatable bonds is 4. The summed E-state index contributed by atoms with van der Waals surface area (Å²) in [6.45, 7) is 7.28. The van der Waals surface area contributed by atoms with Crippen molar-refractivity contribution in [3.8, 4) is 0 Å². The summed E-state index contributed by atoms with van der Waals surface area (Å²) < 4.78 is 10.6. The maximum atomic E-state index is 5.33. The minimum absolute atomic E-state index is 0.761. The molecule has 90 valence electrons. The van der Waals surface area contributed by atoms with Gasteiger partial charge in [-0.1, -0.05) is 5.16 Å². The summed E-state index contributed by atoms with van der Waals surface area (Å²) in [6, 6.07) is 0. The predicted molar refractivity (Wildman–Crippen MR) is 60.1 cm³/mol. The van der Waals surface area contributed by atoms with Crippen LogP contribution in [0.1, 0.15) is 17.0 Å². The monoisotopic (exact) mass is 225 g/mol. The minimum Gasteiger partial charge on any atom is -0.379 e. The van der Waals surface area contributed by atoms with Crippen LogP contribution in [-0.4, -0.2) is 43.4 Å². The molecule has 2 rings (SSSR count). The van der Waals surface area contributed by atoms with Crippen LogP contribution >= 0.6 is 0 Å². The van der Waals surface area contributed by atoms with E-state index in [1.54, 1.807) is 0 Å². The molecule has 0 spiro atoms. The summed E-state index contributed by atoms with van der Waals surface area (Å²) >= 11 is 0. The van der Waals surface area contributed by atoms with Gasteiger partial charge < -0.3 is 14.6 Å². The van der Waals surface area contributed by atoms with Crippen molar-refractivity contribution >= 4 is 0 Å². The third-order valence-electron chi connectivity index (χ3n) is 2.90. The molecule has 0 atom stereocenters. The van der Waals surface area contributed by atoms with Gasteiger partial charge in [-0.3, -0.25) is 4.90 Å². The second-order valence-corrected chi connectivity index (χ2v) is 4.08. The predicted octanol–water partition coefficient (Wildman–Crippen LogP) is 0.535. The number of aromatic nitrogens is 1. The number of nitrogens with one attached hydrogen (secondary N) is 1. The molecule has 0 amide bonds. The molecule has 0 unspecified atom stereocenters. The highest BCUT2D eigenvalue weighted by molar-refractivity contribution is 5.22. The fourth-order valence-corrected chi connectivity index (χ4v) is 1.93. The van der Waals surface area contributed by atoms with E-state index in [1.165, 1.54) is 5.56 Å². The van der Waals surface area contributed by atoms with Crippen molar-refractivity contribution in [2.75, 3.05) is 33.4 Å². The Morgan fingerprint density at radius 1 is 1.38 bits per heavy atom. The molecular formula is C11H19N3O2. The first-order valence-electron chi connectivity index (χ1n) is 5.70. The van der Waals surface area contributed by atoms with E-state index in [0.29, 0.717) is 0 Å². The van der Waals surface area contributed by atoms with Crippen LogP contribution in [0.15, 0.2) is 4.52 Å². The third kappa shape index (κ3) is 2.61. The molecule has 1 aliphatic rings. The molecule has 0 bridgehead atoms. The Balaban J connectivity index is 2.03. The Bertz CT molecular complexity index is 332. The highest BCUT2D eigenvalue weighted by Gasteiger charge is 2.17. The van der Waals surface area contributed by atoms with Crippen LogP contribution in [0.2, 0.25) is 0 Å². The number of ether oxygens (including phenoxy) is 1. The lowest BCUT2D eigenvalue weighted by Gasteiger charge is -2.26. The quantitative estimate of drug-likeness (QED) is 0.810. The number of morpholine rings is 1. The molecule has 1 aromatic rings. The number of hydrogen-bond donors (Lipinski definition) is 1. The lowest BCUT2D eigenvalue weighted by atomic mass is 10.1. The molecule has 1 fully saturated rings. The average Bonchev–Trinajstić information content (AvgIpc) is 2.64. The maximum Gasteiger partial charge on any atom is 0.138 e. The second kappa shape index (κ2) is 5.43. The number of hydrogen-bond acceptors (Lipinski definition) is 5. The standard InChI is InChI=1S/C11H19N3O2/c1-9-10(11(7-12-2)13-16-9)8-14-3-5-15-6-4-14/h12H,3-8H2,1-2H3. The van der Waals surface area contributed by atoms with Gasteiger partial charge in [0.25, 0.3) is 0 Å². The van der Waals surface area contributed by atoms with E-state index in [1.807, 2.05) is 14.0 Å². The lowest BCUT2D eigenvalue weighted by Crippen LogP contribution is -2.36. The second-order valence-electron chi connectivity index (χ2n) is 4.08. The molecule has 0 aliphatic carbocycles. The van der Waals surface area contributed by atoms with Crippen molar-refractivity contribution in [1.29, 1.82) is 0 Å². The van der Waals surface area contributed by atoms with Crippen LogP contribution in [0.25, 0.3) is 0 Å². The lowest BCUT2D eigenvalue weighted by molar-refractivity contribution is 0.0339. The van der Waals surface area contributed by atoms with E-state index >= 15 is 0 Å². The van der Waals surface area contributed by atoms with E-state index < -0.39 is 0 Å². The largest absolute Gasteiger partial charge is 0.379 e. The first kappa shape index (κ1) is 11.6. The molecule has 5 heteroatoms. The molecule has 1 aromatic heterocycles. The normalized spacial score (nSPS) is 17.9. The molecule has 0 radical (unpaired) electrons. The summed E-state index contributed by atoms with van der Waals surface area (Å²) in [4.78, 5) is 2.38. The SMILES string of the molecule is CNCc1noc(C)c1CN1CCOCC1. The molecule has 1 saturated heterocycles. The summed E-state index contributed by atoms with van der Waals surface area (Å²) in [7, 11) is 1.92. The van der Waals surface area contributed by atoms with E-state index in [-0.39, 0.29) is 0 Å². The van der Waals surface area contributed by atoms with Gasteiger partial charge in [-0.2, -0.15) is 0 Å². The van der Waals surface area contributed by atoms with Crippen LogP contribution in [0.3, 0.4) is 0 Å². The van der Waals surface area contributed by atoms with Crippen molar-refractivity contribution in [2.24, 2.45) is 0 Å². The smallest absolute Gasteiger partial charge is 0.138 e. The van der Waals surface area contributed by atoms with E-state index in [2.05, 4.69) is 15.4 Å². The molecular weight excluding hydrogens is 206 g/mol. The zero-order valence-corrected chi connectivity index (χ0v) is 9.95. The Labute approximate surface area is 95.7 Å². The summed E-state index contributed by atoms with van der Waals surface area (Å²) in [5.41, 5.74) is 2.24. The zero-order chi connectivity index (χ0) is 11.4. The van der Waals surface area contributed by atoms with Gasteiger partial charge in [0.05, 0.1) is 13.2 Å². The first-order chi connectivity index (χ1) is 7.81. The van der Waals surface area contributed by atoms with Gasteiger partial charge in [-0.05, 0) is 14.0 Å². The average molecular weight is 225 g/mol. The minimum atomic E-state index is 0.761. The molecule has 0 aromatic carbocycles. The van der Waals surface area contributed by atoms with Gasteiger partial charge in [0.2, 0.25) is 0 Å². The Hall–Kier alpha value is -0.910. The van der Waals surface area contributed by atoms with Gasteiger partial charge in [0.1, 0.15) is 11.5 Å². The van der Waals surface area contributed by atoms with Crippen molar-refractivity contribution in [1.82, 2.24) is 15.4 Å². The fraction of sp³-hybridized carbons (Fsp3) is 0.727. The van der Waals surface area contributed by atoms with Crippen LogP contribution in [0, 0.1) is 6.92 Å². The molecule has 1 aliphatic heterocycles. The van der Waals surface area contributed by atoms with Gasteiger partial charge in [-0.25, -0.2) is 0 Å². The highest BCUT2D eigenvalue weighted by atomic mass is 16.5. The maximum absolute atomic E-state index is 5.33. The van der Waals surface area contributed by atoms with Crippen LogP contribution in [0.4, 0.5) is 0 Å². The fourth-order valence-electron chi connectivity index (χ4n) is 1.93. The van der Waals surface area contributed by atoms with Crippen LogP contribution < -0.4 is 5.32 Å². The molecule has 16 heavy (non-hydrogen) atoms. The highest BCUT2D eigenvalue weighted by Crippen LogP contribution is 2.16. The zero-order valence-electron chi connectivity index (χ0n) is 9.95. The van der Waals surface area contributed by atoms with E-state index in [0.717, 1.165) is 50.8 Å². The van der Waals surface area contributed by atoms with Crippen LogP contribution in [0.5, 0.6) is 0 Å². The summed E-state index contributed by atoms with van der Waals surface area (Å²) in [5.74, 6) is 0.928. The van der Waals surface area contributed by atoms with Crippen LogP contribution in [-0.2, 0) is 17.8 Å². The van der Waals surface area contributed by atoms with Gasteiger partial charge in [0.15, 0.2) is 0 Å². The van der Waals surface area contributed by atoms with Crippen molar-refractivity contribution in [3.63, 3.8) is 0 Å². The van der Waals surface area contributed by atoms with Crippen molar-refractivity contribution < 1.29 is 9.26 Å². The number of nitrogens with zero attached hydrogens (tertiary/aromatic N) is 2. The topological polar surface area (TPSA) is 50.5 Å². The third-order valence-corrected chi connectivity index (χ3v) is 2.90. The molecule has 1 N–H and O–H groups in total. The molecule has 5 nitrogen and oxygen atoms in total. The Morgan fingerprint density at radius 2 is 2.12 bits per heavy atom. The molecule has 2 heterocycles. The van der Waals surface area contributed by atoms with Crippen molar-refractivity contribution in [3.05, 3.63) is 17.0 Å². The Kier molecular flexibility index (Phi) is 3.93. The van der Waals surface area contributed by atoms with Crippen molar-refractivity contribution in [2.45, 2.75) is 20.0 Å². The van der Waals surface area contributed by atoms with Gasteiger partial charge in [-0.15, -0.1) is 0 Å². The first-order valence-corrected chi connectivity index (χ1v) is 5.70. The summed E-state index contributed by atoms with van der Waals surface area (Å²) in [6.07, 6.45) is 0. The van der Waals surface area contributed by atoms with Gasteiger partial charge >= 0.3 is 0 Å². The van der Waals surface area contributed by atoms with Gasteiger partial charge in [0, 0.05) is 31.7 Å². The summed E-state index contributed by atoms with van der Waals surface area (Å²) in [5, 5.41) is 7.18. The number of aryl methyl sites for hydroxylation is 1. The van der Waals surface area contributed by atoms with E-state index in [9.17, 15) is 0 Å². The Morgan fingerprint density at radius 3 is 2.81 bits per heavy atom. The van der Waals surface area contributed by atoms with E-state index in [4.69, 9.17) is 9.26 Å².